The van der Waals surface area contributed by atoms with Crippen molar-refractivity contribution in [1.29, 1.82) is 0 Å². The van der Waals surface area contributed by atoms with E-state index in [1.807, 2.05) is 6.08 Å². The van der Waals surface area contributed by atoms with Crippen molar-refractivity contribution >= 4 is 5.91 Å². The first-order chi connectivity index (χ1) is 10.2. The molecule has 0 saturated carbocycles. The molecule has 2 aliphatic rings. The molecule has 4 heteroatoms. The van der Waals surface area contributed by atoms with E-state index in [-0.39, 0.29) is 0 Å². The van der Waals surface area contributed by atoms with E-state index in [4.69, 9.17) is 0 Å². The fourth-order valence-corrected chi connectivity index (χ4v) is 3.47. The average molecular weight is 293 g/mol. The quantitative estimate of drug-likeness (QED) is 0.699. The molecule has 0 radical (unpaired) electrons. The highest BCUT2D eigenvalue weighted by Crippen LogP contribution is 2.21. The molecule has 0 atom stereocenters. The minimum Gasteiger partial charge on any atom is -0.340 e. The summed E-state index contributed by atoms with van der Waals surface area (Å²) in [6, 6.07) is 0. The molecule has 120 valence electrons. The third-order valence-corrected chi connectivity index (χ3v) is 4.82. The van der Waals surface area contributed by atoms with Gasteiger partial charge < -0.3 is 9.80 Å². The Labute approximate surface area is 129 Å². The van der Waals surface area contributed by atoms with Crippen LogP contribution >= 0.6 is 0 Å². The SMILES string of the molecule is C=CCN1CCN(C(=O)CC2CCN(CCC)CC2)CC1. The Morgan fingerprint density at radius 1 is 1.10 bits per heavy atom. The van der Waals surface area contributed by atoms with Crippen molar-refractivity contribution in [2.45, 2.75) is 32.6 Å². The first-order valence-corrected chi connectivity index (χ1v) is 8.56. The molecule has 2 fully saturated rings. The molecule has 0 N–H and O–H groups in total. The third-order valence-electron chi connectivity index (χ3n) is 4.82. The number of piperazine rings is 1. The predicted molar refractivity (Wildman–Crippen MR) is 87.3 cm³/mol. The standard InChI is InChI=1S/C17H31N3O/c1-3-7-18-9-5-16(6-10-18)15-17(21)20-13-11-19(8-4-2)12-14-20/h4,16H,2-3,5-15H2,1H3. The maximum absolute atomic E-state index is 12.4. The summed E-state index contributed by atoms with van der Waals surface area (Å²) in [6.07, 6.45) is 6.34. The van der Waals surface area contributed by atoms with E-state index in [9.17, 15) is 4.79 Å². The van der Waals surface area contributed by atoms with Crippen molar-refractivity contribution in [2.75, 3.05) is 52.4 Å². The van der Waals surface area contributed by atoms with Crippen LogP contribution in [0.4, 0.5) is 0 Å². The number of nitrogens with zero attached hydrogens (tertiary/aromatic N) is 3. The molecule has 0 aromatic heterocycles. The summed E-state index contributed by atoms with van der Waals surface area (Å²) in [5, 5.41) is 0. The fourth-order valence-electron chi connectivity index (χ4n) is 3.47. The first kappa shape index (κ1) is 16.5. The van der Waals surface area contributed by atoms with Gasteiger partial charge in [-0.3, -0.25) is 9.69 Å². The van der Waals surface area contributed by atoms with Crippen LogP contribution in [0.1, 0.15) is 32.6 Å². The Hall–Kier alpha value is -0.870. The summed E-state index contributed by atoms with van der Waals surface area (Å²) in [7, 11) is 0. The van der Waals surface area contributed by atoms with Crippen LogP contribution in [0.5, 0.6) is 0 Å². The van der Waals surface area contributed by atoms with Crippen LogP contribution in [0, 0.1) is 5.92 Å². The number of piperidine rings is 1. The number of rotatable bonds is 6. The maximum atomic E-state index is 12.4. The number of carbonyl (C=O) groups excluding carboxylic acids is 1. The molecular formula is C17H31N3O. The second-order valence-corrected chi connectivity index (χ2v) is 6.46. The van der Waals surface area contributed by atoms with Gasteiger partial charge in [-0.2, -0.15) is 0 Å². The van der Waals surface area contributed by atoms with Crippen molar-refractivity contribution in [3.05, 3.63) is 12.7 Å². The van der Waals surface area contributed by atoms with E-state index in [0.29, 0.717) is 11.8 Å². The maximum Gasteiger partial charge on any atom is 0.222 e. The molecule has 0 spiro atoms. The Kier molecular flexibility index (Phi) is 6.71. The van der Waals surface area contributed by atoms with Crippen LogP contribution in [0.15, 0.2) is 12.7 Å². The van der Waals surface area contributed by atoms with E-state index in [0.717, 1.165) is 39.1 Å². The molecule has 4 nitrogen and oxygen atoms in total. The summed E-state index contributed by atoms with van der Waals surface area (Å²) >= 11 is 0. The van der Waals surface area contributed by atoms with Gasteiger partial charge in [0.25, 0.3) is 0 Å². The summed E-state index contributed by atoms with van der Waals surface area (Å²) in [5.41, 5.74) is 0. The molecule has 2 saturated heterocycles. The van der Waals surface area contributed by atoms with Crippen molar-refractivity contribution < 1.29 is 4.79 Å². The van der Waals surface area contributed by atoms with Crippen LogP contribution in [0.3, 0.4) is 0 Å². The Morgan fingerprint density at radius 2 is 1.76 bits per heavy atom. The highest BCUT2D eigenvalue weighted by Gasteiger charge is 2.25. The van der Waals surface area contributed by atoms with Crippen molar-refractivity contribution in [2.24, 2.45) is 5.92 Å². The zero-order valence-corrected chi connectivity index (χ0v) is 13.6. The average Bonchev–Trinajstić information content (AvgIpc) is 2.50. The fraction of sp³-hybridized carbons (Fsp3) is 0.824. The lowest BCUT2D eigenvalue weighted by Gasteiger charge is -2.36. The predicted octanol–water partition coefficient (Wildman–Crippen LogP) is 1.83. The van der Waals surface area contributed by atoms with Crippen molar-refractivity contribution in [1.82, 2.24) is 14.7 Å². The Balaban J connectivity index is 1.67. The number of hydrogen-bond acceptors (Lipinski definition) is 3. The molecular weight excluding hydrogens is 262 g/mol. The minimum absolute atomic E-state index is 0.377. The van der Waals surface area contributed by atoms with Crippen LogP contribution in [-0.2, 0) is 4.79 Å². The molecule has 2 aliphatic heterocycles. The molecule has 2 rings (SSSR count). The number of carbonyl (C=O) groups is 1. The molecule has 2 heterocycles. The minimum atomic E-state index is 0.377. The molecule has 0 aromatic carbocycles. The van der Waals surface area contributed by atoms with E-state index >= 15 is 0 Å². The van der Waals surface area contributed by atoms with Gasteiger partial charge in [0.05, 0.1) is 0 Å². The van der Waals surface area contributed by atoms with Gasteiger partial charge in [0.2, 0.25) is 5.91 Å². The lowest BCUT2D eigenvalue weighted by molar-refractivity contribution is -0.134. The zero-order chi connectivity index (χ0) is 15.1. The number of hydrogen-bond donors (Lipinski definition) is 0. The van der Waals surface area contributed by atoms with E-state index < -0.39 is 0 Å². The lowest BCUT2D eigenvalue weighted by atomic mass is 9.93. The molecule has 0 unspecified atom stereocenters. The van der Waals surface area contributed by atoms with Gasteiger partial charge in [-0.25, -0.2) is 0 Å². The van der Waals surface area contributed by atoms with Crippen LogP contribution in [0.25, 0.3) is 0 Å². The van der Waals surface area contributed by atoms with Gasteiger partial charge in [0, 0.05) is 39.1 Å². The molecule has 0 bridgehead atoms. The monoisotopic (exact) mass is 293 g/mol. The largest absolute Gasteiger partial charge is 0.340 e. The lowest BCUT2D eigenvalue weighted by Crippen LogP contribution is -2.49. The van der Waals surface area contributed by atoms with Gasteiger partial charge in [0.15, 0.2) is 0 Å². The Morgan fingerprint density at radius 3 is 2.33 bits per heavy atom. The molecule has 0 aliphatic carbocycles. The van der Waals surface area contributed by atoms with Gasteiger partial charge in [0.1, 0.15) is 0 Å². The van der Waals surface area contributed by atoms with E-state index in [1.165, 1.54) is 38.9 Å². The van der Waals surface area contributed by atoms with Crippen LogP contribution < -0.4 is 0 Å². The van der Waals surface area contributed by atoms with E-state index in [2.05, 4.69) is 28.2 Å². The molecule has 0 aromatic rings. The Bertz CT molecular complexity index is 329. The zero-order valence-electron chi connectivity index (χ0n) is 13.6. The van der Waals surface area contributed by atoms with Crippen LogP contribution in [0.2, 0.25) is 0 Å². The van der Waals surface area contributed by atoms with Crippen LogP contribution in [-0.4, -0.2) is 73.0 Å². The smallest absolute Gasteiger partial charge is 0.222 e. The topological polar surface area (TPSA) is 26.8 Å². The first-order valence-electron chi connectivity index (χ1n) is 8.56. The van der Waals surface area contributed by atoms with Gasteiger partial charge in [-0.1, -0.05) is 13.0 Å². The summed E-state index contributed by atoms with van der Waals surface area (Å²) in [5.74, 6) is 0.985. The third kappa shape index (κ3) is 5.11. The van der Waals surface area contributed by atoms with Gasteiger partial charge in [-0.15, -0.1) is 6.58 Å². The van der Waals surface area contributed by atoms with Gasteiger partial charge >= 0.3 is 0 Å². The van der Waals surface area contributed by atoms with Crippen molar-refractivity contribution in [3.8, 4) is 0 Å². The second kappa shape index (κ2) is 8.54. The molecule has 21 heavy (non-hydrogen) atoms. The van der Waals surface area contributed by atoms with Crippen molar-refractivity contribution in [3.63, 3.8) is 0 Å². The summed E-state index contributed by atoms with van der Waals surface area (Å²) < 4.78 is 0. The summed E-state index contributed by atoms with van der Waals surface area (Å²) in [4.78, 5) is 19.4. The highest BCUT2D eigenvalue weighted by molar-refractivity contribution is 5.76. The second-order valence-electron chi connectivity index (χ2n) is 6.46. The normalized spacial score (nSPS) is 22.4. The van der Waals surface area contributed by atoms with Gasteiger partial charge in [-0.05, 0) is 44.8 Å². The number of amides is 1. The van der Waals surface area contributed by atoms with E-state index in [1.54, 1.807) is 0 Å². The number of likely N-dealkylation sites (tertiary alicyclic amines) is 1. The molecule has 1 amide bonds. The summed E-state index contributed by atoms with van der Waals surface area (Å²) in [6.45, 7) is 14.3. The highest BCUT2D eigenvalue weighted by atomic mass is 16.2.